The molecule has 2 heterocycles. The minimum atomic E-state index is -0.562. The van der Waals surface area contributed by atoms with Crippen molar-refractivity contribution in [3.63, 3.8) is 0 Å². The van der Waals surface area contributed by atoms with Crippen molar-refractivity contribution >= 4 is 34.9 Å². The first kappa shape index (κ1) is 20.6. The third-order valence-corrected chi connectivity index (χ3v) is 4.71. The molecule has 0 saturated carbocycles. The SMILES string of the molecule is Cc1cc([N+](=O)[O-])nn1CCNC(=O)c1ccn(COc2cccc(Cl)c2Cl)n1. The Kier molecular flexibility index (Phi) is 6.35. The normalized spacial score (nSPS) is 10.7. The molecule has 0 atom stereocenters. The van der Waals surface area contributed by atoms with E-state index in [1.54, 1.807) is 37.4 Å². The van der Waals surface area contributed by atoms with Crippen LogP contribution >= 0.6 is 23.2 Å². The number of benzene rings is 1. The van der Waals surface area contributed by atoms with Crippen LogP contribution in [0.4, 0.5) is 5.82 Å². The van der Waals surface area contributed by atoms with Crippen LogP contribution in [0.3, 0.4) is 0 Å². The molecule has 0 radical (unpaired) electrons. The first-order valence-corrected chi connectivity index (χ1v) is 9.18. The van der Waals surface area contributed by atoms with E-state index >= 15 is 0 Å². The number of amides is 1. The van der Waals surface area contributed by atoms with Gasteiger partial charge in [0.1, 0.15) is 16.5 Å². The van der Waals surface area contributed by atoms with Crippen LogP contribution < -0.4 is 10.1 Å². The third-order valence-electron chi connectivity index (χ3n) is 3.91. The van der Waals surface area contributed by atoms with Gasteiger partial charge in [-0.15, -0.1) is 0 Å². The number of rotatable bonds is 8. The lowest BCUT2D eigenvalue weighted by Crippen LogP contribution is -2.28. The summed E-state index contributed by atoms with van der Waals surface area (Å²) in [5, 5.41) is 22.1. The number of carbonyl (C=O) groups excluding carboxylic acids is 1. The van der Waals surface area contributed by atoms with Crippen molar-refractivity contribution in [3.05, 3.63) is 68.1 Å². The highest BCUT2D eigenvalue weighted by atomic mass is 35.5. The molecule has 0 aliphatic carbocycles. The van der Waals surface area contributed by atoms with Crippen LogP contribution in [0.5, 0.6) is 5.75 Å². The van der Waals surface area contributed by atoms with E-state index in [1.165, 1.54) is 15.4 Å². The summed E-state index contributed by atoms with van der Waals surface area (Å²) in [6, 6.07) is 7.95. The summed E-state index contributed by atoms with van der Waals surface area (Å²) in [5.74, 6) is -0.208. The van der Waals surface area contributed by atoms with Crippen molar-refractivity contribution in [2.75, 3.05) is 6.54 Å². The van der Waals surface area contributed by atoms with Gasteiger partial charge < -0.3 is 20.2 Å². The smallest absolute Gasteiger partial charge is 0.390 e. The van der Waals surface area contributed by atoms with Crippen LogP contribution in [-0.4, -0.2) is 36.9 Å². The second-order valence-corrected chi connectivity index (χ2v) is 6.73. The van der Waals surface area contributed by atoms with Gasteiger partial charge in [-0.1, -0.05) is 29.3 Å². The Bertz CT molecular complexity index is 1050. The number of nitrogens with zero attached hydrogens (tertiary/aromatic N) is 5. The third kappa shape index (κ3) is 5.04. The number of aryl methyl sites for hydroxylation is 1. The minimum absolute atomic E-state index is 0.0451. The summed E-state index contributed by atoms with van der Waals surface area (Å²) >= 11 is 12.0. The fraction of sp³-hybridized carbons (Fsp3) is 0.235. The molecule has 2 aromatic heterocycles. The number of nitro groups is 1. The van der Waals surface area contributed by atoms with Gasteiger partial charge >= 0.3 is 5.82 Å². The molecule has 0 bridgehead atoms. The van der Waals surface area contributed by atoms with E-state index in [9.17, 15) is 14.9 Å². The van der Waals surface area contributed by atoms with Gasteiger partial charge in [-0.05, 0) is 30.0 Å². The monoisotopic (exact) mass is 438 g/mol. The molecular weight excluding hydrogens is 423 g/mol. The number of nitrogens with one attached hydrogen (secondary N) is 1. The summed E-state index contributed by atoms with van der Waals surface area (Å²) in [4.78, 5) is 22.4. The second kappa shape index (κ2) is 8.93. The minimum Gasteiger partial charge on any atom is -0.470 e. The summed E-state index contributed by atoms with van der Waals surface area (Å²) in [6.07, 6.45) is 1.59. The average Bonchev–Trinajstić information content (AvgIpc) is 3.30. The molecule has 29 heavy (non-hydrogen) atoms. The quantitative estimate of drug-likeness (QED) is 0.426. The van der Waals surface area contributed by atoms with Gasteiger partial charge in [0.15, 0.2) is 6.73 Å². The van der Waals surface area contributed by atoms with Gasteiger partial charge in [-0.3, -0.25) is 4.79 Å². The molecule has 152 valence electrons. The number of halogens is 2. The molecule has 0 fully saturated rings. The van der Waals surface area contributed by atoms with E-state index in [4.69, 9.17) is 27.9 Å². The Balaban J connectivity index is 1.51. The van der Waals surface area contributed by atoms with Crippen molar-refractivity contribution in [2.24, 2.45) is 0 Å². The van der Waals surface area contributed by atoms with E-state index in [1.807, 2.05) is 0 Å². The highest BCUT2D eigenvalue weighted by Gasteiger charge is 2.16. The topological polar surface area (TPSA) is 117 Å². The molecular formula is C17H16Cl2N6O4. The van der Waals surface area contributed by atoms with Crippen LogP contribution in [-0.2, 0) is 13.3 Å². The van der Waals surface area contributed by atoms with Gasteiger partial charge in [0, 0.05) is 12.7 Å². The summed E-state index contributed by atoms with van der Waals surface area (Å²) in [7, 11) is 0. The van der Waals surface area contributed by atoms with Crippen LogP contribution in [0.15, 0.2) is 36.5 Å². The lowest BCUT2D eigenvalue weighted by molar-refractivity contribution is -0.389. The highest BCUT2D eigenvalue weighted by Crippen LogP contribution is 2.31. The lowest BCUT2D eigenvalue weighted by Gasteiger charge is -2.08. The van der Waals surface area contributed by atoms with Crippen LogP contribution in [0.1, 0.15) is 16.2 Å². The standard InChI is InChI=1S/C17H16Cl2N6O4/c1-11-9-15(25(27)28)22-24(11)8-6-20-17(26)13-5-7-23(21-13)10-29-14-4-2-3-12(18)16(14)19/h2-5,7,9H,6,8,10H2,1H3,(H,20,26). The zero-order valence-electron chi connectivity index (χ0n) is 15.2. The molecule has 12 heteroatoms. The largest absolute Gasteiger partial charge is 0.470 e. The Morgan fingerprint density at radius 2 is 2.10 bits per heavy atom. The maximum absolute atomic E-state index is 12.2. The molecule has 0 unspecified atom stereocenters. The molecule has 3 rings (SSSR count). The lowest BCUT2D eigenvalue weighted by atomic mass is 10.3. The maximum atomic E-state index is 12.2. The Labute approximate surface area is 175 Å². The molecule has 0 aliphatic rings. The average molecular weight is 439 g/mol. The second-order valence-electron chi connectivity index (χ2n) is 5.95. The number of ether oxygens (including phenoxy) is 1. The molecule has 1 aromatic carbocycles. The predicted octanol–water partition coefficient (Wildman–Crippen LogP) is 3.07. The van der Waals surface area contributed by atoms with Crippen molar-refractivity contribution in [1.29, 1.82) is 0 Å². The summed E-state index contributed by atoms with van der Waals surface area (Å²) < 4.78 is 8.45. The van der Waals surface area contributed by atoms with Gasteiger partial charge in [0.25, 0.3) is 5.91 Å². The van der Waals surface area contributed by atoms with Crippen molar-refractivity contribution in [2.45, 2.75) is 20.2 Å². The number of carbonyl (C=O) groups is 1. The van der Waals surface area contributed by atoms with Crippen molar-refractivity contribution in [3.8, 4) is 5.75 Å². The van der Waals surface area contributed by atoms with Gasteiger partial charge in [-0.25, -0.2) is 4.68 Å². The van der Waals surface area contributed by atoms with E-state index in [0.717, 1.165) is 0 Å². The Morgan fingerprint density at radius 1 is 1.31 bits per heavy atom. The van der Waals surface area contributed by atoms with E-state index < -0.39 is 4.92 Å². The fourth-order valence-electron chi connectivity index (χ4n) is 2.46. The van der Waals surface area contributed by atoms with E-state index in [-0.39, 0.29) is 30.7 Å². The Hall–Kier alpha value is -3.11. The fourth-order valence-corrected chi connectivity index (χ4v) is 2.81. The van der Waals surface area contributed by atoms with Crippen LogP contribution in [0.25, 0.3) is 0 Å². The first-order chi connectivity index (χ1) is 13.8. The molecule has 10 nitrogen and oxygen atoms in total. The van der Waals surface area contributed by atoms with Crippen molar-refractivity contribution < 1.29 is 14.5 Å². The van der Waals surface area contributed by atoms with Crippen LogP contribution in [0, 0.1) is 17.0 Å². The van der Waals surface area contributed by atoms with Crippen LogP contribution in [0.2, 0.25) is 10.0 Å². The van der Waals surface area contributed by atoms with Gasteiger partial charge in [0.2, 0.25) is 0 Å². The number of hydrogen-bond acceptors (Lipinski definition) is 6. The zero-order valence-corrected chi connectivity index (χ0v) is 16.7. The van der Waals surface area contributed by atoms with E-state index in [0.29, 0.717) is 28.0 Å². The molecule has 1 N–H and O–H groups in total. The highest BCUT2D eigenvalue weighted by molar-refractivity contribution is 6.42. The summed E-state index contributed by atoms with van der Waals surface area (Å²) in [6.45, 7) is 2.28. The maximum Gasteiger partial charge on any atom is 0.390 e. The molecule has 0 spiro atoms. The van der Waals surface area contributed by atoms with Crippen molar-refractivity contribution in [1.82, 2.24) is 24.9 Å². The van der Waals surface area contributed by atoms with Gasteiger partial charge in [0.05, 0.1) is 28.4 Å². The predicted molar refractivity (Wildman–Crippen MR) is 105 cm³/mol. The van der Waals surface area contributed by atoms with E-state index in [2.05, 4.69) is 15.5 Å². The summed E-state index contributed by atoms with van der Waals surface area (Å²) in [5.41, 5.74) is 0.834. The van der Waals surface area contributed by atoms with Gasteiger partial charge in [-0.2, -0.15) is 9.78 Å². The number of hydrogen-bond donors (Lipinski definition) is 1. The molecule has 3 aromatic rings. The molecule has 1 amide bonds. The number of aromatic nitrogens is 4. The molecule has 0 aliphatic heterocycles. The first-order valence-electron chi connectivity index (χ1n) is 8.42. The molecule has 0 saturated heterocycles. The zero-order chi connectivity index (χ0) is 21.0. The Morgan fingerprint density at radius 3 is 2.83 bits per heavy atom.